The van der Waals surface area contributed by atoms with Crippen molar-refractivity contribution >= 4 is 13.9 Å². The molecule has 0 amide bonds. The van der Waals surface area contributed by atoms with E-state index in [1.54, 1.807) is 5.57 Å². The van der Waals surface area contributed by atoms with Crippen LogP contribution in [0.25, 0.3) is 5.57 Å². The topological polar surface area (TPSA) is 9.23 Å². The summed E-state index contributed by atoms with van der Waals surface area (Å²) in [6, 6.07) is 12.6. The van der Waals surface area contributed by atoms with Crippen LogP contribution in [-0.2, 0) is 10.8 Å². The summed E-state index contributed by atoms with van der Waals surface area (Å²) in [5.41, 5.74) is 5.95. The lowest BCUT2D eigenvalue weighted by Gasteiger charge is -2.36. The van der Waals surface area contributed by atoms with Gasteiger partial charge in [-0.15, -0.1) is 0 Å². The molecule has 0 radical (unpaired) electrons. The minimum absolute atomic E-state index is 0.242. The third kappa shape index (κ3) is 4.38. The fourth-order valence-electron chi connectivity index (χ4n) is 4.76. The highest BCUT2D eigenvalue weighted by molar-refractivity contribution is 6.73. The molecule has 2 aliphatic carbocycles. The first kappa shape index (κ1) is 20.4. The number of fused-ring (bicyclic) bond motifs is 1. The van der Waals surface area contributed by atoms with E-state index >= 15 is 0 Å². The predicted octanol–water partition coefficient (Wildman–Crippen LogP) is 7.32. The summed E-state index contributed by atoms with van der Waals surface area (Å²) in [6.45, 7) is 9.36. The maximum absolute atomic E-state index is 7.14. The summed E-state index contributed by atoms with van der Waals surface area (Å²) in [7, 11) is -1.66. The van der Waals surface area contributed by atoms with E-state index in [4.69, 9.17) is 4.43 Å². The average Bonchev–Trinajstić information content (AvgIpc) is 3.39. The standard InChI is InChI=1S/C25H36OSi/c1-5-20(21-13-9-10-14-21)19-25(26-27(6-2,7-3)8-4)24-18-17-22-15-11-12-16-23(22)24/h9-13,15-16,18,20,25H,5-8,14,17,19H2,1-4H3. The molecule has 0 aromatic heterocycles. The molecule has 3 rings (SSSR count). The van der Waals surface area contributed by atoms with Gasteiger partial charge in [0.2, 0.25) is 0 Å². The number of hydrogen-bond donors (Lipinski definition) is 0. The molecule has 0 N–H and O–H groups in total. The van der Waals surface area contributed by atoms with Crippen molar-refractivity contribution in [3.05, 3.63) is 65.3 Å². The quantitative estimate of drug-likeness (QED) is 0.386. The molecule has 0 fully saturated rings. The number of rotatable bonds is 10. The van der Waals surface area contributed by atoms with Crippen LogP contribution in [0.3, 0.4) is 0 Å². The van der Waals surface area contributed by atoms with Gasteiger partial charge in [-0.05, 0) is 66.4 Å². The Balaban J connectivity index is 1.89. The van der Waals surface area contributed by atoms with Crippen LogP contribution in [0.2, 0.25) is 18.1 Å². The van der Waals surface area contributed by atoms with Gasteiger partial charge in [0.25, 0.3) is 0 Å². The average molecular weight is 381 g/mol. The van der Waals surface area contributed by atoms with E-state index in [1.165, 1.54) is 41.3 Å². The van der Waals surface area contributed by atoms with Crippen molar-refractivity contribution in [3.63, 3.8) is 0 Å². The summed E-state index contributed by atoms with van der Waals surface area (Å²) < 4.78 is 7.14. The van der Waals surface area contributed by atoms with Crippen LogP contribution in [0.15, 0.2) is 54.1 Å². The van der Waals surface area contributed by atoms with Crippen LogP contribution >= 0.6 is 0 Å². The molecular weight excluding hydrogens is 344 g/mol. The summed E-state index contributed by atoms with van der Waals surface area (Å²) in [5, 5.41) is 0. The van der Waals surface area contributed by atoms with Gasteiger partial charge in [-0.25, -0.2) is 0 Å². The Morgan fingerprint density at radius 1 is 1.00 bits per heavy atom. The van der Waals surface area contributed by atoms with E-state index in [0.29, 0.717) is 5.92 Å². The van der Waals surface area contributed by atoms with Crippen molar-refractivity contribution in [1.82, 2.24) is 0 Å². The zero-order valence-electron chi connectivity index (χ0n) is 17.6. The van der Waals surface area contributed by atoms with Gasteiger partial charge in [0.1, 0.15) is 0 Å². The second-order valence-corrected chi connectivity index (χ2v) is 12.8. The third-order valence-corrected chi connectivity index (χ3v) is 11.5. The second-order valence-electron chi connectivity index (χ2n) is 8.09. The molecule has 0 spiro atoms. The number of hydrogen-bond acceptors (Lipinski definition) is 1. The van der Waals surface area contributed by atoms with E-state index in [2.05, 4.69) is 76.3 Å². The van der Waals surface area contributed by atoms with Gasteiger partial charge in [0, 0.05) is 0 Å². The SMILES string of the molecule is CCC(CC(O[Si](CC)(CC)CC)C1=CCc2ccccc21)C1=CC=CC1. The summed E-state index contributed by atoms with van der Waals surface area (Å²) in [4.78, 5) is 0. The molecule has 0 aliphatic heterocycles. The van der Waals surface area contributed by atoms with E-state index in [0.717, 1.165) is 19.3 Å². The largest absolute Gasteiger partial charge is 0.410 e. The normalized spacial score (nSPS) is 18.2. The summed E-state index contributed by atoms with van der Waals surface area (Å²) in [5.74, 6) is 0.621. The monoisotopic (exact) mass is 380 g/mol. The molecule has 0 heterocycles. The van der Waals surface area contributed by atoms with Gasteiger partial charge in [-0.3, -0.25) is 0 Å². The maximum Gasteiger partial charge on any atom is 0.192 e. The molecule has 0 saturated heterocycles. The molecular formula is C25H36OSi. The highest BCUT2D eigenvalue weighted by Crippen LogP contribution is 2.39. The zero-order chi connectivity index (χ0) is 19.3. The first-order valence-corrected chi connectivity index (χ1v) is 13.5. The first-order valence-electron chi connectivity index (χ1n) is 11.0. The van der Waals surface area contributed by atoms with Gasteiger partial charge in [-0.1, -0.05) is 81.8 Å². The summed E-state index contributed by atoms with van der Waals surface area (Å²) >= 11 is 0. The van der Waals surface area contributed by atoms with Crippen LogP contribution < -0.4 is 0 Å². The molecule has 27 heavy (non-hydrogen) atoms. The van der Waals surface area contributed by atoms with Crippen LogP contribution in [0.5, 0.6) is 0 Å². The molecule has 2 unspecified atom stereocenters. The Morgan fingerprint density at radius 3 is 2.37 bits per heavy atom. The lowest BCUT2D eigenvalue weighted by Crippen LogP contribution is -2.41. The highest BCUT2D eigenvalue weighted by atomic mass is 28.4. The highest BCUT2D eigenvalue weighted by Gasteiger charge is 2.36. The molecule has 146 valence electrons. The molecule has 1 nitrogen and oxygen atoms in total. The fourth-order valence-corrected chi connectivity index (χ4v) is 7.59. The lowest BCUT2D eigenvalue weighted by atomic mass is 9.86. The van der Waals surface area contributed by atoms with Crippen molar-refractivity contribution in [1.29, 1.82) is 0 Å². The Hall–Kier alpha value is -1.38. The minimum Gasteiger partial charge on any atom is -0.410 e. The smallest absolute Gasteiger partial charge is 0.192 e. The van der Waals surface area contributed by atoms with Gasteiger partial charge < -0.3 is 4.43 Å². The molecule has 0 saturated carbocycles. The predicted molar refractivity (Wildman–Crippen MR) is 120 cm³/mol. The third-order valence-electron chi connectivity index (χ3n) is 6.86. The molecule has 2 aliphatic rings. The van der Waals surface area contributed by atoms with Crippen molar-refractivity contribution in [2.45, 2.75) is 77.6 Å². The first-order chi connectivity index (χ1) is 13.2. The van der Waals surface area contributed by atoms with Crippen molar-refractivity contribution in [2.24, 2.45) is 5.92 Å². The minimum atomic E-state index is -1.66. The van der Waals surface area contributed by atoms with E-state index in [9.17, 15) is 0 Å². The Kier molecular flexibility index (Phi) is 6.94. The molecule has 2 atom stereocenters. The van der Waals surface area contributed by atoms with Gasteiger partial charge in [0.05, 0.1) is 6.10 Å². The van der Waals surface area contributed by atoms with Crippen molar-refractivity contribution in [3.8, 4) is 0 Å². The van der Waals surface area contributed by atoms with Crippen molar-refractivity contribution in [2.75, 3.05) is 0 Å². The molecule has 2 heteroatoms. The van der Waals surface area contributed by atoms with Gasteiger partial charge >= 0.3 is 0 Å². The maximum atomic E-state index is 7.14. The summed E-state index contributed by atoms with van der Waals surface area (Å²) in [6.07, 6.45) is 14.1. The number of benzene rings is 1. The van der Waals surface area contributed by atoms with Gasteiger partial charge in [-0.2, -0.15) is 0 Å². The Labute approximate surface area is 167 Å². The van der Waals surface area contributed by atoms with Crippen LogP contribution in [0.1, 0.15) is 58.1 Å². The fraction of sp³-hybridized carbons (Fsp3) is 0.520. The van der Waals surface area contributed by atoms with E-state index < -0.39 is 8.32 Å². The molecule has 1 aromatic rings. The van der Waals surface area contributed by atoms with E-state index in [-0.39, 0.29) is 6.10 Å². The second kappa shape index (κ2) is 9.21. The van der Waals surface area contributed by atoms with Crippen molar-refractivity contribution < 1.29 is 4.43 Å². The zero-order valence-corrected chi connectivity index (χ0v) is 18.6. The lowest BCUT2D eigenvalue weighted by molar-refractivity contribution is 0.211. The Bertz CT molecular complexity index is 715. The van der Waals surface area contributed by atoms with Crippen LogP contribution in [-0.4, -0.2) is 14.4 Å². The number of allylic oxidation sites excluding steroid dienone is 5. The van der Waals surface area contributed by atoms with Crippen LogP contribution in [0.4, 0.5) is 0 Å². The van der Waals surface area contributed by atoms with Gasteiger partial charge in [0.15, 0.2) is 8.32 Å². The molecule has 0 bridgehead atoms. The Morgan fingerprint density at radius 2 is 1.74 bits per heavy atom. The van der Waals surface area contributed by atoms with Crippen LogP contribution in [0, 0.1) is 5.92 Å². The van der Waals surface area contributed by atoms with E-state index in [1.807, 2.05) is 0 Å². The molecule has 1 aromatic carbocycles.